The number of carbonyl (C=O) groups excluding carboxylic acids is 1. The number of hydrogen-bond donors (Lipinski definition) is 1. The molecule has 2 rings (SSSR count). The van der Waals surface area contributed by atoms with E-state index in [0.717, 1.165) is 14.4 Å². The van der Waals surface area contributed by atoms with Crippen LogP contribution in [0.4, 0.5) is 0 Å². The zero-order valence-corrected chi connectivity index (χ0v) is 12.7. The van der Waals surface area contributed by atoms with Gasteiger partial charge in [0.05, 0.1) is 15.5 Å². The van der Waals surface area contributed by atoms with Gasteiger partial charge in [0, 0.05) is 17.2 Å². The van der Waals surface area contributed by atoms with E-state index < -0.39 is 0 Å². The van der Waals surface area contributed by atoms with Crippen LogP contribution in [0.3, 0.4) is 0 Å². The van der Waals surface area contributed by atoms with Gasteiger partial charge in [-0.15, -0.1) is 11.3 Å². The van der Waals surface area contributed by atoms with Crippen molar-refractivity contribution >= 4 is 39.2 Å². The summed E-state index contributed by atoms with van der Waals surface area (Å²) >= 11 is 4.97. The monoisotopic (exact) mass is 336 g/mol. The van der Waals surface area contributed by atoms with E-state index in [1.54, 1.807) is 23.6 Å². The van der Waals surface area contributed by atoms with E-state index in [-0.39, 0.29) is 11.9 Å². The minimum absolute atomic E-state index is 0.103. The highest BCUT2D eigenvalue weighted by Gasteiger charge is 2.07. The zero-order chi connectivity index (χ0) is 13.7. The lowest BCUT2D eigenvalue weighted by atomic mass is 10.2. The molecule has 0 spiro atoms. The number of nitrogens with one attached hydrogen (secondary N) is 1. The topological polar surface area (TPSA) is 42.0 Å². The van der Waals surface area contributed by atoms with Gasteiger partial charge in [-0.2, -0.15) is 0 Å². The predicted octanol–water partition coefficient (Wildman–Crippen LogP) is 3.80. The number of amides is 1. The van der Waals surface area contributed by atoms with Crippen molar-refractivity contribution in [3.8, 4) is 0 Å². The molecule has 2 heterocycles. The van der Waals surface area contributed by atoms with Crippen LogP contribution in [0.5, 0.6) is 0 Å². The lowest BCUT2D eigenvalue weighted by Crippen LogP contribution is -2.25. The van der Waals surface area contributed by atoms with Crippen molar-refractivity contribution in [3.05, 3.63) is 57.0 Å². The quantitative estimate of drug-likeness (QED) is 0.863. The van der Waals surface area contributed by atoms with Crippen molar-refractivity contribution in [1.29, 1.82) is 0 Å². The third-order valence-corrected chi connectivity index (χ3v) is 4.07. The van der Waals surface area contributed by atoms with Crippen molar-refractivity contribution < 1.29 is 4.79 Å². The Morgan fingerprint density at radius 2 is 2.26 bits per heavy atom. The van der Waals surface area contributed by atoms with Gasteiger partial charge in [-0.05, 0) is 53.2 Å². The molecule has 1 atom stereocenters. The van der Waals surface area contributed by atoms with E-state index in [9.17, 15) is 4.79 Å². The molecule has 5 heteroatoms. The number of rotatable bonds is 4. The lowest BCUT2D eigenvalue weighted by Gasteiger charge is -2.11. The molecule has 1 N–H and O–H groups in total. The van der Waals surface area contributed by atoms with Gasteiger partial charge in [0.1, 0.15) is 0 Å². The van der Waals surface area contributed by atoms with Gasteiger partial charge in [-0.3, -0.25) is 9.78 Å². The Morgan fingerprint density at radius 1 is 1.42 bits per heavy atom. The number of aromatic nitrogens is 1. The van der Waals surface area contributed by atoms with Gasteiger partial charge in [-0.1, -0.05) is 6.07 Å². The summed E-state index contributed by atoms with van der Waals surface area (Å²) in [5, 5.41) is 2.88. The summed E-state index contributed by atoms with van der Waals surface area (Å²) in [5.74, 6) is -0.123. The fourth-order valence-electron chi connectivity index (χ4n) is 1.54. The summed E-state index contributed by atoms with van der Waals surface area (Å²) in [4.78, 5) is 17.0. The largest absolute Gasteiger partial charge is 0.344 e. The molecule has 0 fully saturated rings. The van der Waals surface area contributed by atoms with Gasteiger partial charge in [0.2, 0.25) is 5.91 Å². The standard InChI is InChI=1S/C14H13BrN2OS/c1-10(12-4-2-3-9-16-12)17-14(18)8-6-11-5-7-13(15)19-11/h2-10H,1H3,(H,17,18)/b8-6+. The smallest absolute Gasteiger partial charge is 0.244 e. The van der Waals surface area contributed by atoms with Crippen molar-refractivity contribution in [1.82, 2.24) is 10.3 Å². The first kappa shape index (κ1) is 14.0. The SMILES string of the molecule is CC(NC(=O)/C=C/c1ccc(Br)s1)c1ccccn1. The lowest BCUT2D eigenvalue weighted by molar-refractivity contribution is -0.117. The van der Waals surface area contributed by atoms with Crippen LogP contribution in [0.15, 0.2) is 46.4 Å². The summed E-state index contributed by atoms with van der Waals surface area (Å²) < 4.78 is 1.05. The second-order valence-corrected chi connectivity index (χ2v) is 6.45. The Kier molecular flexibility index (Phi) is 4.87. The Labute approximate surface area is 124 Å². The van der Waals surface area contributed by atoms with E-state index in [1.807, 2.05) is 37.3 Å². The van der Waals surface area contributed by atoms with E-state index in [4.69, 9.17) is 0 Å². The second kappa shape index (κ2) is 6.63. The number of thiophene rings is 1. The fraction of sp³-hybridized carbons (Fsp3) is 0.143. The zero-order valence-electron chi connectivity index (χ0n) is 10.3. The van der Waals surface area contributed by atoms with Gasteiger partial charge >= 0.3 is 0 Å². The average molecular weight is 337 g/mol. The number of hydrogen-bond acceptors (Lipinski definition) is 3. The molecule has 0 aliphatic carbocycles. The van der Waals surface area contributed by atoms with Gasteiger partial charge in [0.25, 0.3) is 0 Å². The van der Waals surface area contributed by atoms with E-state index in [1.165, 1.54) is 6.08 Å². The van der Waals surface area contributed by atoms with Crippen LogP contribution in [0.25, 0.3) is 6.08 Å². The molecule has 0 saturated heterocycles. The molecule has 2 aromatic heterocycles. The molecule has 2 aromatic rings. The minimum atomic E-state index is -0.123. The first-order chi connectivity index (χ1) is 9.15. The normalized spacial score (nSPS) is 12.5. The average Bonchev–Trinajstić information content (AvgIpc) is 2.83. The molecule has 0 aliphatic heterocycles. The molecule has 0 bridgehead atoms. The minimum Gasteiger partial charge on any atom is -0.344 e. The molecule has 1 unspecified atom stereocenters. The van der Waals surface area contributed by atoms with Crippen molar-refractivity contribution in [2.45, 2.75) is 13.0 Å². The Morgan fingerprint density at radius 3 is 2.89 bits per heavy atom. The van der Waals surface area contributed by atoms with E-state index >= 15 is 0 Å². The summed E-state index contributed by atoms with van der Waals surface area (Å²) in [5.41, 5.74) is 0.850. The first-order valence-corrected chi connectivity index (χ1v) is 7.41. The number of carbonyl (C=O) groups is 1. The number of pyridine rings is 1. The maximum atomic E-state index is 11.8. The molecule has 0 aromatic carbocycles. The molecule has 0 saturated carbocycles. The highest BCUT2D eigenvalue weighted by molar-refractivity contribution is 9.11. The maximum absolute atomic E-state index is 11.8. The first-order valence-electron chi connectivity index (χ1n) is 5.80. The van der Waals surface area contributed by atoms with Gasteiger partial charge < -0.3 is 5.32 Å². The summed E-state index contributed by atoms with van der Waals surface area (Å²) in [6.07, 6.45) is 5.06. The molecule has 19 heavy (non-hydrogen) atoms. The van der Waals surface area contributed by atoms with Crippen LogP contribution >= 0.6 is 27.3 Å². The second-order valence-electron chi connectivity index (χ2n) is 3.96. The highest BCUT2D eigenvalue weighted by Crippen LogP contribution is 2.22. The van der Waals surface area contributed by atoms with Crippen molar-refractivity contribution in [3.63, 3.8) is 0 Å². The van der Waals surface area contributed by atoms with Gasteiger partial charge in [0.15, 0.2) is 0 Å². The molecule has 98 valence electrons. The van der Waals surface area contributed by atoms with Crippen LogP contribution in [0.1, 0.15) is 23.5 Å². The van der Waals surface area contributed by atoms with Crippen LogP contribution in [0, 0.1) is 0 Å². The van der Waals surface area contributed by atoms with Crippen LogP contribution in [-0.2, 0) is 4.79 Å². The summed E-state index contributed by atoms with van der Waals surface area (Å²) in [7, 11) is 0. The summed E-state index contributed by atoms with van der Waals surface area (Å²) in [6, 6.07) is 9.47. The predicted molar refractivity (Wildman–Crippen MR) is 81.8 cm³/mol. The number of nitrogens with zero attached hydrogens (tertiary/aromatic N) is 1. The summed E-state index contributed by atoms with van der Waals surface area (Å²) in [6.45, 7) is 1.91. The molecular weight excluding hydrogens is 324 g/mol. The number of halogens is 1. The molecule has 0 aliphatic rings. The van der Waals surface area contributed by atoms with E-state index in [0.29, 0.717) is 0 Å². The van der Waals surface area contributed by atoms with E-state index in [2.05, 4.69) is 26.2 Å². The van der Waals surface area contributed by atoms with Crippen LogP contribution in [-0.4, -0.2) is 10.9 Å². The Hall–Kier alpha value is -1.46. The van der Waals surface area contributed by atoms with Crippen LogP contribution < -0.4 is 5.32 Å². The molecule has 3 nitrogen and oxygen atoms in total. The van der Waals surface area contributed by atoms with Crippen molar-refractivity contribution in [2.75, 3.05) is 0 Å². The third kappa shape index (κ3) is 4.29. The van der Waals surface area contributed by atoms with Crippen LogP contribution in [0.2, 0.25) is 0 Å². The maximum Gasteiger partial charge on any atom is 0.244 e. The Bertz CT molecular complexity index is 580. The third-order valence-electron chi connectivity index (χ3n) is 2.48. The highest BCUT2D eigenvalue weighted by atomic mass is 79.9. The molecule has 1 amide bonds. The molecular formula is C14H13BrN2OS. The van der Waals surface area contributed by atoms with Crippen molar-refractivity contribution in [2.24, 2.45) is 0 Å². The molecule has 0 radical (unpaired) electrons. The fourth-order valence-corrected chi connectivity index (χ4v) is 2.87. The van der Waals surface area contributed by atoms with Gasteiger partial charge in [-0.25, -0.2) is 0 Å². The Balaban J connectivity index is 1.93.